The third-order valence-corrected chi connectivity index (χ3v) is 1.80. The Morgan fingerprint density at radius 3 is 2.67 bits per heavy atom. The highest BCUT2D eigenvalue weighted by Gasteiger charge is 1.99. The second-order valence-corrected chi connectivity index (χ2v) is 3.08. The number of aryl methyl sites for hydroxylation is 1. The zero-order valence-electron chi connectivity index (χ0n) is 6.59. The van der Waals surface area contributed by atoms with Gasteiger partial charge in [0, 0.05) is 6.42 Å². The molecule has 0 fully saturated rings. The second kappa shape index (κ2) is 4.16. The lowest BCUT2D eigenvalue weighted by molar-refractivity contribution is 0.610. The molecule has 0 spiro atoms. The van der Waals surface area contributed by atoms with Gasteiger partial charge in [0.15, 0.2) is 0 Å². The van der Waals surface area contributed by atoms with Crippen molar-refractivity contribution in [1.29, 1.82) is 0 Å². The van der Waals surface area contributed by atoms with Crippen LogP contribution in [0.5, 0.6) is 0 Å². The first-order valence-corrected chi connectivity index (χ1v) is 4.12. The number of halogens is 1. The molecule has 0 aliphatic carbocycles. The molecule has 0 amide bonds. The maximum Gasteiger partial charge on any atom is 0.126 e. The van der Waals surface area contributed by atoms with Crippen LogP contribution in [-0.4, -0.2) is 4.99 Å². The molecule has 0 saturated heterocycles. The molecule has 1 nitrogen and oxygen atoms in total. The Morgan fingerprint density at radius 2 is 2.08 bits per heavy atom. The fraction of sp³-hybridized carbons (Fsp3) is 0.222. The monoisotopic (exact) mass is 183 g/mol. The Kier molecular flexibility index (Phi) is 3.17. The summed E-state index contributed by atoms with van der Waals surface area (Å²) in [6.45, 7) is 0. The third-order valence-electron chi connectivity index (χ3n) is 1.60. The Bertz CT molecular complexity index is 286. The van der Waals surface area contributed by atoms with E-state index in [0.717, 1.165) is 0 Å². The molecule has 0 aliphatic heterocycles. The molecule has 12 heavy (non-hydrogen) atoms. The normalized spacial score (nSPS) is 9.75. The maximum atomic E-state index is 13.0. The molecular formula is C9H10FNS. The summed E-state index contributed by atoms with van der Waals surface area (Å²) in [6.07, 6.45) is 1.15. The van der Waals surface area contributed by atoms with Gasteiger partial charge in [0.1, 0.15) is 5.82 Å². The molecule has 3 heteroatoms. The molecule has 0 aromatic heterocycles. The van der Waals surface area contributed by atoms with Gasteiger partial charge in [-0.15, -0.1) is 0 Å². The lowest BCUT2D eigenvalue weighted by Gasteiger charge is -2.00. The van der Waals surface area contributed by atoms with Crippen molar-refractivity contribution in [2.75, 3.05) is 0 Å². The highest BCUT2D eigenvalue weighted by atomic mass is 32.1. The van der Waals surface area contributed by atoms with E-state index >= 15 is 0 Å². The summed E-state index contributed by atoms with van der Waals surface area (Å²) in [7, 11) is 0. The van der Waals surface area contributed by atoms with Gasteiger partial charge in [0.05, 0.1) is 4.99 Å². The lowest BCUT2D eigenvalue weighted by atomic mass is 10.1. The van der Waals surface area contributed by atoms with Crippen LogP contribution in [0.3, 0.4) is 0 Å². The predicted octanol–water partition coefficient (Wildman–Crippen LogP) is 2.04. The topological polar surface area (TPSA) is 26.0 Å². The van der Waals surface area contributed by atoms with E-state index in [-0.39, 0.29) is 5.82 Å². The zero-order chi connectivity index (χ0) is 8.97. The molecule has 1 rings (SSSR count). The number of hydrogen-bond acceptors (Lipinski definition) is 1. The van der Waals surface area contributed by atoms with Crippen LogP contribution in [0.4, 0.5) is 4.39 Å². The van der Waals surface area contributed by atoms with Gasteiger partial charge in [-0.1, -0.05) is 30.4 Å². The van der Waals surface area contributed by atoms with Crippen LogP contribution < -0.4 is 5.73 Å². The number of nitrogens with two attached hydrogens (primary N) is 1. The van der Waals surface area contributed by atoms with Crippen LogP contribution in [0.15, 0.2) is 24.3 Å². The minimum Gasteiger partial charge on any atom is -0.393 e. The molecule has 0 radical (unpaired) electrons. The predicted molar refractivity (Wildman–Crippen MR) is 51.5 cm³/mol. The highest BCUT2D eigenvalue weighted by molar-refractivity contribution is 7.80. The highest BCUT2D eigenvalue weighted by Crippen LogP contribution is 2.08. The van der Waals surface area contributed by atoms with E-state index in [1.165, 1.54) is 6.07 Å². The second-order valence-electron chi connectivity index (χ2n) is 2.56. The van der Waals surface area contributed by atoms with Crippen LogP contribution in [0.2, 0.25) is 0 Å². The quantitative estimate of drug-likeness (QED) is 0.726. The van der Waals surface area contributed by atoms with Crippen LogP contribution >= 0.6 is 12.2 Å². The Morgan fingerprint density at radius 1 is 1.42 bits per heavy atom. The van der Waals surface area contributed by atoms with E-state index in [9.17, 15) is 4.39 Å². The van der Waals surface area contributed by atoms with E-state index in [2.05, 4.69) is 0 Å². The van der Waals surface area contributed by atoms with Crippen molar-refractivity contribution in [2.45, 2.75) is 12.8 Å². The molecule has 0 atom stereocenters. The van der Waals surface area contributed by atoms with Crippen LogP contribution in [0.1, 0.15) is 12.0 Å². The summed E-state index contributed by atoms with van der Waals surface area (Å²) in [4.78, 5) is 0.429. The van der Waals surface area contributed by atoms with Gasteiger partial charge < -0.3 is 5.73 Å². The van der Waals surface area contributed by atoms with Gasteiger partial charge in [-0.3, -0.25) is 0 Å². The Balaban J connectivity index is 2.63. The number of rotatable bonds is 3. The van der Waals surface area contributed by atoms with Crippen molar-refractivity contribution in [3.8, 4) is 0 Å². The van der Waals surface area contributed by atoms with Crippen molar-refractivity contribution in [3.05, 3.63) is 35.6 Å². The molecule has 0 heterocycles. The first-order chi connectivity index (χ1) is 5.70. The first kappa shape index (κ1) is 9.13. The summed E-state index contributed by atoms with van der Waals surface area (Å²) in [5, 5.41) is 0. The summed E-state index contributed by atoms with van der Waals surface area (Å²) in [5.41, 5.74) is 5.97. The van der Waals surface area contributed by atoms with Gasteiger partial charge in [0.2, 0.25) is 0 Å². The van der Waals surface area contributed by atoms with Crippen LogP contribution in [-0.2, 0) is 6.42 Å². The van der Waals surface area contributed by atoms with Crippen LogP contribution in [0, 0.1) is 5.82 Å². The van der Waals surface area contributed by atoms with E-state index in [1.807, 2.05) is 0 Å². The van der Waals surface area contributed by atoms with Gasteiger partial charge in [-0.25, -0.2) is 4.39 Å². The van der Waals surface area contributed by atoms with E-state index in [1.54, 1.807) is 18.2 Å². The summed E-state index contributed by atoms with van der Waals surface area (Å²) in [6, 6.07) is 6.65. The van der Waals surface area contributed by atoms with Crippen molar-refractivity contribution in [2.24, 2.45) is 5.73 Å². The first-order valence-electron chi connectivity index (χ1n) is 3.72. The van der Waals surface area contributed by atoms with Crippen molar-refractivity contribution >= 4 is 17.2 Å². The molecular weight excluding hydrogens is 173 g/mol. The largest absolute Gasteiger partial charge is 0.393 e. The zero-order valence-corrected chi connectivity index (χ0v) is 7.40. The van der Waals surface area contributed by atoms with Crippen molar-refractivity contribution < 1.29 is 4.39 Å². The van der Waals surface area contributed by atoms with Crippen molar-refractivity contribution in [1.82, 2.24) is 0 Å². The fourth-order valence-corrected chi connectivity index (χ4v) is 1.06. The van der Waals surface area contributed by atoms with Crippen molar-refractivity contribution in [3.63, 3.8) is 0 Å². The third kappa shape index (κ3) is 2.58. The molecule has 1 aromatic rings. The van der Waals surface area contributed by atoms with Gasteiger partial charge in [0.25, 0.3) is 0 Å². The van der Waals surface area contributed by atoms with E-state index in [0.29, 0.717) is 23.4 Å². The molecule has 0 aliphatic rings. The molecule has 1 aromatic carbocycles. The molecule has 2 N–H and O–H groups in total. The average Bonchev–Trinajstić information content (AvgIpc) is 2.03. The molecule has 0 saturated carbocycles. The van der Waals surface area contributed by atoms with Crippen LogP contribution in [0.25, 0.3) is 0 Å². The lowest BCUT2D eigenvalue weighted by Crippen LogP contribution is -2.09. The molecule has 0 unspecified atom stereocenters. The number of hydrogen-bond donors (Lipinski definition) is 1. The fourth-order valence-electron chi connectivity index (χ4n) is 0.959. The van der Waals surface area contributed by atoms with Gasteiger partial charge >= 0.3 is 0 Å². The number of thiocarbonyl (C=S) groups is 1. The minimum absolute atomic E-state index is 0.186. The Labute approximate surface area is 76.4 Å². The SMILES string of the molecule is NC(=S)CCc1ccccc1F. The van der Waals surface area contributed by atoms with Gasteiger partial charge in [-0.2, -0.15) is 0 Å². The summed E-state index contributed by atoms with van der Waals surface area (Å²) in [5.74, 6) is -0.186. The molecule has 64 valence electrons. The summed E-state index contributed by atoms with van der Waals surface area (Å²) >= 11 is 4.69. The van der Waals surface area contributed by atoms with E-state index in [4.69, 9.17) is 18.0 Å². The summed E-state index contributed by atoms with van der Waals surface area (Å²) < 4.78 is 13.0. The Hall–Kier alpha value is -0.960. The number of benzene rings is 1. The maximum absolute atomic E-state index is 13.0. The van der Waals surface area contributed by atoms with Gasteiger partial charge in [-0.05, 0) is 18.1 Å². The standard InChI is InChI=1S/C9H10FNS/c10-8-4-2-1-3-7(8)5-6-9(11)12/h1-4H,5-6H2,(H2,11,12). The minimum atomic E-state index is -0.186. The average molecular weight is 183 g/mol. The van der Waals surface area contributed by atoms with E-state index < -0.39 is 0 Å². The smallest absolute Gasteiger partial charge is 0.126 e. The molecule has 0 bridgehead atoms.